The molecule has 1 aliphatic carbocycles. The summed E-state index contributed by atoms with van der Waals surface area (Å²) in [7, 11) is 0. The van der Waals surface area contributed by atoms with Crippen LogP contribution >= 0.6 is 0 Å². The van der Waals surface area contributed by atoms with Crippen molar-refractivity contribution < 1.29 is 9.18 Å². The minimum atomic E-state index is -0.189. The fourth-order valence-corrected chi connectivity index (χ4v) is 3.78. The number of likely N-dealkylation sites (tertiary alicyclic amines) is 1. The Morgan fingerprint density at radius 3 is 2.64 bits per heavy atom. The van der Waals surface area contributed by atoms with Crippen molar-refractivity contribution in [3.8, 4) is 0 Å². The number of carbonyl (C=O) groups excluding carboxylic acids is 1. The summed E-state index contributed by atoms with van der Waals surface area (Å²) in [6.45, 7) is 1.67. The highest BCUT2D eigenvalue weighted by molar-refractivity contribution is 5.84. The van der Waals surface area contributed by atoms with E-state index in [2.05, 4.69) is 4.98 Å². The first-order valence-corrected chi connectivity index (χ1v) is 8.27. The Morgan fingerprint density at radius 1 is 1.18 bits per heavy atom. The van der Waals surface area contributed by atoms with Crippen LogP contribution in [0.3, 0.4) is 0 Å². The molecule has 2 aromatic rings. The highest BCUT2D eigenvalue weighted by Gasteiger charge is 2.32. The van der Waals surface area contributed by atoms with E-state index < -0.39 is 0 Å². The van der Waals surface area contributed by atoms with Crippen molar-refractivity contribution in [3.63, 3.8) is 0 Å². The average molecular weight is 300 g/mol. The van der Waals surface area contributed by atoms with E-state index in [4.69, 9.17) is 0 Å². The Balaban J connectivity index is 1.48. The molecule has 0 unspecified atom stereocenters. The first kappa shape index (κ1) is 13.8. The first-order chi connectivity index (χ1) is 10.7. The van der Waals surface area contributed by atoms with Crippen molar-refractivity contribution in [2.24, 2.45) is 5.92 Å². The monoisotopic (exact) mass is 300 g/mol. The third kappa shape index (κ3) is 2.31. The summed E-state index contributed by atoms with van der Waals surface area (Å²) in [6.07, 6.45) is 7.30. The molecule has 0 radical (unpaired) electrons. The number of hydrogen-bond donors (Lipinski definition) is 1. The van der Waals surface area contributed by atoms with E-state index in [0.717, 1.165) is 49.7 Å². The molecular formula is C18H21FN2O. The minimum Gasteiger partial charge on any atom is -0.361 e. The van der Waals surface area contributed by atoms with Gasteiger partial charge in [0.1, 0.15) is 5.82 Å². The van der Waals surface area contributed by atoms with Gasteiger partial charge in [0.05, 0.1) is 0 Å². The average Bonchev–Trinajstić information content (AvgIpc) is 2.88. The van der Waals surface area contributed by atoms with Gasteiger partial charge in [0.25, 0.3) is 0 Å². The maximum absolute atomic E-state index is 13.5. The molecule has 116 valence electrons. The van der Waals surface area contributed by atoms with Gasteiger partial charge in [-0.15, -0.1) is 0 Å². The molecule has 22 heavy (non-hydrogen) atoms. The lowest BCUT2D eigenvalue weighted by molar-refractivity contribution is -0.139. The largest absolute Gasteiger partial charge is 0.361 e. The zero-order valence-electron chi connectivity index (χ0n) is 12.6. The number of benzene rings is 1. The van der Waals surface area contributed by atoms with E-state index in [-0.39, 0.29) is 5.82 Å². The standard InChI is InChI=1S/C18H21FN2O/c19-14-4-5-17-15(10-14)16(11-20-17)12-6-8-21(9-7-12)18(22)13-2-1-3-13/h4-5,10-13,20H,1-3,6-9H2. The van der Waals surface area contributed by atoms with E-state index in [1.165, 1.54) is 18.1 Å². The maximum atomic E-state index is 13.5. The molecular weight excluding hydrogens is 279 g/mol. The van der Waals surface area contributed by atoms with Crippen molar-refractivity contribution in [2.75, 3.05) is 13.1 Å². The van der Waals surface area contributed by atoms with Gasteiger partial charge in [-0.3, -0.25) is 4.79 Å². The van der Waals surface area contributed by atoms with Crippen LogP contribution in [0.5, 0.6) is 0 Å². The third-order valence-electron chi connectivity index (χ3n) is 5.38. The number of H-pyrrole nitrogens is 1. The lowest BCUT2D eigenvalue weighted by Crippen LogP contribution is -2.43. The summed E-state index contributed by atoms with van der Waals surface area (Å²) in [5, 5.41) is 0.990. The SMILES string of the molecule is O=C(C1CCC1)N1CCC(c2c[nH]c3ccc(F)cc23)CC1. The number of rotatable bonds is 2. The smallest absolute Gasteiger partial charge is 0.225 e. The molecule has 0 spiro atoms. The van der Waals surface area contributed by atoms with Crippen LogP contribution in [0, 0.1) is 11.7 Å². The third-order valence-corrected chi connectivity index (χ3v) is 5.38. The number of hydrogen-bond acceptors (Lipinski definition) is 1. The Hall–Kier alpha value is -1.84. The van der Waals surface area contributed by atoms with E-state index >= 15 is 0 Å². The molecule has 1 saturated carbocycles. The number of aromatic amines is 1. The number of carbonyl (C=O) groups is 1. The number of piperidine rings is 1. The summed E-state index contributed by atoms with van der Waals surface area (Å²) in [5.74, 6) is 0.875. The second-order valence-corrected chi connectivity index (χ2v) is 6.66. The molecule has 1 N–H and O–H groups in total. The molecule has 2 heterocycles. The van der Waals surface area contributed by atoms with E-state index in [0.29, 0.717) is 17.7 Å². The number of nitrogens with zero attached hydrogens (tertiary/aromatic N) is 1. The fourth-order valence-electron chi connectivity index (χ4n) is 3.78. The number of aromatic nitrogens is 1. The Bertz CT molecular complexity index is 696. The van der Waals surface area contributed by atoms with Gasteiger partial charge < -0.3 is 9.88 Å². The Morgan fingerprint density at radius 2 is 1.95 bits per heavy atom. The predicted octanol–water partition coefficient (Wildman–Crippen LogP) is 3.81. The van der Waals surface area contributed by atoms with Crippen LogP contribution in [0.4, 0.5) is 4.39 Å². The normalized spacial score (nSPS) is 20.3. The van der Waals surface area contributed by atoms with Crippen molar-refractivity contribution in [1.82, 2.24) is 9.88 Å². The number of nitrogens with one attached hydrogen (secondary N) is 1. The molecule has 4 rings (SSSR count). The quantitative estimate of drug-likeness (QED) is 0.899. The minimum absolute atomic E-state index is 0.189. The number of fused-ring (bicyclic) bond motifs is 1. The van der Waals surface area contributed by atoms with Gasteiger partial charge in [0.15, 0.2) is 0 Å². The van der Waals surface area contributed by atoms with E-state index in [9.17, 15) is 9.18 Å². The first-order valence-electron chi connectivity index (χ1n) is 8.27. The van der Waals surface area contributed by atoms with Crippen LogP contribution < -0.4 is 0 Å². The van der Waals surface area contributed by atoms with Gasteiger partial charge in [-0.25, -0.2) is 4.39 Å². The highest BCUT2D eigenvalue weighted by atomic mass is 19.1. The molecule has 1 aromatic carbocycles. The number of amides is 1. The van der Waals surface area contributed by atoms with Crippen LogP contribution in [0.15, 0.2) is 24.4 Å². The van der Waals surface area contributed by atoms with Crippen molar-refractivity contribution in [3.05, 3.63) is 35.8 Å². The van der Waals surface area contributed by atoms with Crippen LogP contribution in [0.1, 0.15) is 43.6 Å². The Kier molecular flexibility index (Phi) is 3.40. The zero-order chi connectivity index (χ0) is 15.1. The van der Waals surface area contributed by atoms with Gasteiger partial charge in [-0.2, -0.15) is 0 Å². The van der Waals surface area contributed by atoms with E-state index in [1.807, 2.05) is 11.1 Å². The number of halogens is 1. The van der Waals surface area contributed by atoms with Gasteiger partial charge in [-0.05, 0) is 55.4 Å². The highest BCUT2D eigenvalue weighted by Crippen LogP contribution is 2.35. The van der Waals surface area contributed by atoms with Crippen molar-refractivity contribution in [2.45, 2.75) is 38.0 Å². The second kappa shape index (κ2) is 5.41. The molecule has 4 heteroatoms. The van der Waals surface area contributed by atoms with Crippen LogP contribution in [-0.4, -0.2) is 28.9 Å². The molecule has 1 aromatic heterocycles. The molecule has 0 atom stereocenters. The van der Waals surface area contributed by atoms with Crippen LogP contribution in [-0.2, 0) is 4.79 Å². The maximum Gasteiger partial charge on any atom is 0.225 e. The van der Waals surface area contributed by atoms with Crippen LogP contribution in [0.25, 0.3) is 10.9 Å². The summed E-state index contributed by atoms with van der Waals surface area (Å²) in [5.41, 5.74) is 2.19. The van der Waals surface area contributed by atoms with Gasteiger partial charge in [0, 0.05) is 36.1 Å². The summed E-state index contributed by atoms with van der Waals surface area (Å²) in [6, 6.07) is 4.90. The second-order valence-electron chi connectivity index (χ2n) is 6.66. The summed E-state index contributed by atoms with van der Waals surface area (Å²) < 4.78 is 13.5. The lowest BCUT2D eigenvalue weighted by Gasteiger charge is -2.36. The molecule has 3 nitrogen and oxygen atoms in total. The Labute approximate surface area is 129 Å². The van der Waals surface area contributed by atoms with Gasteiger partial charge in [-0.1, -0.05) is 6.42 Å². The summed E-state index contributed by atoms with van der Waals surface area (Å²) >= 11 is 0. The van der Waals surface area contributed by atoms with Gasteiger partial charge in [0.2, 0.25) is 5.91 Å². The molecule has 1 saturated heterocycles. The van der Waals surface area contributed by atoms with E-state index in [1.54, 1.807) is 12.1 Å². The summed E-state index contributed by atoms with van der Waals surface area (Å²) in [4.78, 5) is 17.6. The topological polar surface area (TPSA) is 36.1 Å². The van der Waals surface area contributed by atoms with Gasteiger partial charge >= 0.3 is 0 Å². The van der Waals surface area contributed by atoms with Crippen LogP contribution in [0.2, 0.25) is 0 Å². The molecule has 0 bridgehead atoms. The molecule has 1 amide bonds. The van der Waals surface area contributed by atoms with Crippen molar-refractivity contribution in [1.29, 1.82) is 0 Å². The van der Waals surface area contributed by atoms with Crippen molar-refractivity contribution >= 4 is 16.8 Å². The lowest BCUT2D eigenvalue weighted by atomic mass is 9.83. The molecule has 2 fully saturated rings. The zero-order valence-corrected chi connectivity index (χ0v) is 12.6. The fraction of sp³-hybridized carbons (Fsp3) is 0.500. The molecule has 2 aliphatic rings. The predicted molar refractivity (Wildman–Crippen MR) is 84.2 cm³/mol. The molecule has 1 aliphatic heterocycles.